The normalized spacial score (nSPS) is 16.6. The minimum atomic E-state index is 0.634. The van der Waals surface area contributed by atoms with E-state index >= 15 is 0 Å². The van der Waals surface area contributed by atoms with Gasteiger partial charge < -0.3 is 5.73 Å². The van der Waals surface area contributed by atoms with Crippen LogP contribution in [0.5, 0.6) is 0 Å². The van der Waals surface area contributed by atoms with E-state index in [4.69, 9.17) is 5.73 Å². The fraction of sp³-hybridized carbons (Fsp3) is 0.667. The number of nitrogen functional groups attached to an aromatic ring is 1. The SMILES string of the molecule is CCn1nc(C)c2nc(N)n(CC3CCC3)c21. The fourth-order valence-electron chi connectivity index (χ4n) is 2.58. The Morgan fingerprint density at radius 2 is 2.18 bits per heavy atom. The second-order valence-electron chi connectivity index (χ2n) is 4.95. The lowest BCUT2D eigenvalue weighted by atomic mass is 9.85. The molecule has 1 saturated carbocycles. The average Bonchev–Trinajstić information content (AvgIpc) is 2.71. The summed E-state index contributed by atoms with van der Waals surface area (Å²) in [6.07, 6.45) is 3.99. The van der Waals surface area contributed by atoms with Crippen molar-refractivity contribution in [2.24, 2.45) is 5.92 Å². The monoisotopic (exact) mass is 233 g/mol. The Hall–Kier alpha value is -1.52. The van der Waals surface area contributed by atoms with Crippen LogP contribution in [-0.2, 0) is 13.1 Å². The molecule has 0 amide bonds. The first-order valence-corrected chi connectivity index (χ1v) is 6.39. The minimum absolute atomic E-state index is 0.634. The van der Waals surface area contributed by atoms with Crippen LogP contribution in [-0.4, -0.2) is 19.3 Å². The maximum atomic E-state index is 6.03. The Kier molecular flexibility index (Phi) is 2.34. The van der Waals surface area contributed by atoms with Crippen molar-refractivity contribution < 1.29 is 0 Å². The number of imidazole rings is 1. The highest BCUT2D eigenvalue weighted by Crippen LogP contribution is 2.31. The summed E-state index contributed by atoms with van der Waals surface area (Å²) in [5.74, 6) is 1.41. The van der Waals surface area contributed by atoms with Gasteiger partial charge in [-0.25, -0.2) is 9.67 Å². The molecular formula is C12H19N5. The highest BCUT2D eigenvalue weighted by atomic mass is 15.4. The van der Waals surface area contributed by atoms with E-state index in [0.29, 0.717) is 5.95 Å². The molecule has 17 heavy (non-hydrogen) atoms. The van der Waals surface area contributed by atoms with Gasteiger partial charge in [0.15, 0.2) is 5.65 Å². The summed E-state index contributed by atoms with van der Waals surface area (Å²) in [6, 6.07) is 0. The number of fused-ring (bicyclic) bond motifs is 1. The van der Waals surface area contributed by atoms with Gasteiger partial charge in [0, 0.05) is 13.1 Å². The molecule has 5 nitrogen and oxygen atoms in total. The molecule has 0 radical (unpaired) electrons. The number of rotatable bonds is 3. The first kappa shape index (κ1) is 10.6. The van der Waals surface area contributed by atoms with Gasteiger partial charge in [0.1, 0.15) is 5.52 Å². The molecule has 1 fully saturated rings. The van der Waals surface area contributed by atoms with Crippen molar-refractivity contribution in [2.75, 3.05) is 5.73 Å². The number of nitrogens with zero attached hydrogens (tertiary/aromatic N) is 4. The third kappa shape index (κ3) is 1.52. The first-order valence-electron chi connectivity index (χ1n) is 6.39. The molecule has 0 bridgehead atoms. The summed E-state index contributed by atoms with van der Waals surface area (Å²) in [7, 11) is 0. The van der Waals surface area contributed by atoms with Crippen LogP contribution in [0.25, 0.3) is 11.2 Å². The molecule has 0 atom stereocenters. The molecule has 1 aliphatic rings. The van der Waals surface area contributed by atoms with E-state index in [9.17, 15) is 0 Å². The molecular weight excluding hydrogens is 214 g/mol. The van der Waals surface area contributed by atoms with Crippen LogP contribution >= 0.6 is 0 Å². The Labute approximate surface area is 101 Å². The molecule has 2 aromatic heterocycles. The average molecular weight is 233 g/mol. The van der Waals surface area contributed by atoms with E-state index in [0.717, 1.165) is 35.9 Å². The molecule has 2 aromatic rings. The van der Waals surface area contributed by atoms with Crippen LogP contribution in [0.2, 0.25) is 0 Å². The van der Waals surface area contributed by atoms with E-state index in [1.807, 2.05) is 11.6 Å². The van der Waals surface area contributed by atoms with E-state index < -0.39 is 0 Å². The summed E-state index contributed by atoms with van der Waals surface area (Å²) < 4.78 is 4.15. The van der Waals surface area contributed by atoms with Gasteiger partial charge in [0.25, 0.3) is 0 Å². The minimum Gasteiger partial charge on any atom is -0.369 e. The largest absolute Gasteiger partial charge is 0.369 e. The zero-order valence-corrected chi connectivity index (χ0v) is 10.5. The van der Waals surface area contributed by atoms with Crippen molar-refractivity contribution in [2.45, 2.75) is 46.2 Å². The van der Waals surface area contributed by atoms with E-state index in [1.54, 1.807) is 0 Å². The van der Waals surface area contributed by atoms with E-state index in [1.165, 1.54) is 19.3 Å². The van der Waals surface area contributed by atoms with Gasteiger partial charge in [-0.2, -0.15) is 5.10 Å². The van der Waals surface area contributed by atoms with Gasteiger partial charge in [-0.15, -0.1) is 0 Å². The number of hydrogen-bond acceptors (Lipinski definition) is 3. The second kappa shape index (κ2) is 3.75. The van der Waals surface area contributed by atoms with E-state index in [2.05, 4.69) is 21.6 Å². The quantitative estimate of drug-likeness (QED) is 0.881. The molecule has 5 heteroatoms. The van der Waals surface area contributed by atoms with Crippen molar-refractivity contribution in [1.82, 2.24) is 19.3 Å². The van der Waals surface area contributed by atoms with Crippen LogP contribution in [0.15, 0.2) is 0 Å². The van der Waals surface area contributed by atoms with Gasteiger partial charge in [-0.05, 0) is 32.6 Å². The second-order valence-corrected chi connectivity index (χ2v) is 4.95. The zero-order valence-electron chi connectivity index (χ0n) is 10.5. The Balaban J connectivity index is 2.10. The lowest BCUT2D eigenvalue weighted by Crippen LogP contribution is -2.20. The molecule has 3 rings (SSSR count). The number of anilines is 1. The Bertz CT molecular complexity index is 547. The maximum absolute atomic E-state index is 6.03. The standard InChI is InChI=1S/C12H19N5/c1-3-17-11-10(8(2)15-17)14-12(13)16(11)7-9-5-4-6-9/h9H,3-7H2,1-2H3,(H2,13,14). The number of aryl methyl sites for hydroxylation is 2. The highest BCUT2D eigenvalue weighted by molar-refractivity contribution is 5.77. The number of nitrogens with two attached hydrogens (primary N) is 1. The molecule has 1 aliphatic carbocycles. The molecule has 92 valence electrons. The van der Waals surface area contributed by atoms with Crippen molar-refractivity contribution in [3.63, 3.8) is 0 Å². The summed E-state index contributed by atoms with van der Waals surface area (Å²) in [5, 5.41) is 4.50. The molecule has 2 N–H and O–H groups in total. The first-order chi connectivity index (χ1) is 8.20. The summed E-state index contributed by atoms with van der Waals surface area (Å²) >= 11 is 0. The van der Waals surface area contributed by atoms with Gasteiger partial charge >= 0.3 is 0 Å². The molecule has 2 heterocycles. The smallest absolute Gasteiger partial charge is 0.202 e. The zero-order chi connectivity index (χ0) is 12.0. The molecule has 0 unspecified atom stereocenters. The lowest BCUT2D eigenvalue weighted by Gasteiger charge is -2.26. The van der Waals surface area contributed by atoms with Crippen molar-refractivity contribution in [1.29, 1.82) is 0 Å². The number of hydrogen-bond donors (Lipinski definition) is 1. The molecule has 0 aromatic carbocycles. The van der Waals surface area contributed by atoms with Crippen molar-refractivity contribution in [3.05, 3.63) is 5.69 Å². The summed E-state index contributed by atoms with van der Waals surface area (Å²) in [6.45, 7) is 5.95. The van der Waals surface area contributed by atoms with Crippen LogP contribution in [0.3, 0.4) is 0 Å². The molecule has 0 aliphatic heterocycles. The maximum Gasteiger partial charge on any atom is 0.202 e. The Morgan fingerprint density at radius 1 is 1.41 bits per heavy atom. The topological polar surface area (TPSA) is 61.7 Å². The lowest BCUT2D eigenvalue weighted by molar-refractivity contribution is 0.279. The molecule has 0 saturated heterocycles. The fourth-order valence-corrected chi connectivity index (χ4v) is 2.58. The highest BCUT2D eigenvalue weighted by Gasteiger charge is 2.22. The predicted molar refractivity (Wildman–Crippen MR) is 67.7 cm³/mol. The third-order valence-electron chi connectivity index (χ3n) is 3.79. The van der Waals surface area contributed by atoms with Crippen LogP contribution in [0.1, 0.15) is 31.9 Å². The van der Waals surface area contributed by atoms with Gasteiger partial charge in [-0.1, -0.05) is 6.42 Å². The Morgan fingerprint density at radius 3 is 2.76 bits per heavy atom. The summed E-state index contributed by atoms with van der Waals surface area (Å²) in [4.78, 5) is 4.45. The molecule has 0 spiro atoms. The van der Waals surface area contributed by atoms with Gasteiger partial charge in [-0.3, -0.25) is 4.57 Å². The van der Waals surface area contributed by atoms with Crippen molar-refractivity contribution >= 4 is 17.1 Å². The van der Waals surface area contributed by atoms with Gasteiger partial charge in [0.05, 0.1) is 5.69 Å². The summed E-state index contributed by atoms with van der Waals surface area (Å²) in [5.41, 5.74) is 9.05. The van der Waals surface area contributed by atoms with E-state index in [-0.39, 0.29) is 0 Å². The van der Waals surface area contributed by atoms with Crippen LogP contribution in [0.4, 0.5) is 5.95 Å². The third-order valence-corrected chi connectivity index (χ3v) is 3.79. The van der Waals surface area contributed by atoms with Gasteiger partial charge in [0.2, 0.25) is 5.95 Å². The predicted octanol–water partition coefficient (Wildman–Crippen LogP) is 1.94. The van der Waals surface area contributed by atoms with Crippen molar-refractivity contribution in [3.8, 4) is 0 Å². The number of aromatic nitrogens is 4. The van der Waals surface area contributed by atoms with Crippen LogP contribution in [0, 0.1) is 12.8 Å². The van der Waals surface area contributed by atoms with Crippen LogP contribution < -0.4 is 5.73 Å².